The molecule has 0 aliphatic rings. The molecule has 0 spiro atoms. The third-order valence-electron chi connectivity index (χ3n) is 2.34. The average molecular weight is 224 g/mol. The molecule has 0 amide bonds. The molecule has 0 fully saturated rings. The van der Waals surface area contributed by atoms with Gasteiger partial charge in [-0.1, -0.05) is 18.2 Å². The first kappa shape index (κ1) is 10.8. The number of furan rings is 1. The van der Waals surface area contributed by atoms with E-state index < -0.39 is 12.5 Å². The molecule has 2 aromatic rings. The molecule has 1 N–H and O–H groups in total. The SMILES string of the molecule is OC(c1ccoc1)c1cccc(C(F)F)c1. The van der Waals surface area contributed by atoms with E-state index in [1.165, 1.54) is 30.7 Å². The van der Waals surface area contributed by atoms with E-state index in [1.54, 1.807) is 12.1 Å². The Bertz CT molecular complexity index is 452. The van der Waals surface area contributed by atoms with Gasteiger partial charge in [0.1, 0.15) is 6.10 Å². The van der Waals surface area contributed by atoms with E-state index in [2.05, 4.69) is 0 Å². The van der Waals surface area contributed by atoms with Crippen LogP contribution in [0, 0.1) is 0 Å². The van der Waals surface area contributed by atoms with Crippen LogP contribution in [0.15, 0.2) is 47.3 Å². The van der Waals surface area contributed by atoms with Crippen LogP contribution in [-0.4, -0.2) is 5.11 Å². The lowest BCUT2D eigenvalue weighted by atomic mass is 10.0. The third kappa shape index (κ3) is 2.12. The number of rotatable bonds is 3. The van der Waals surface area contributed by atoms with Gasteiger partial charge in [0, 0.05) is 11.1 Å². The first-order valence-electron chi connectivity index (χ1n) is 4.76. The number of alkyl halides is 2. The third-order valence-corrected chi connectivity index (χ3v) is 2.34. The van der Waals surface area contributed by atoms with Crippen molar-refractivity contribution in [1.82, 2.24) is 0 Å². The standard InChI is InChI=1S/C12H10F2O2/c13-12(14)9-3-1-2-8(6-9)11(15)10-4-5-16-7-10/h1-7,11-12,15H. The molecule has 84 valence electrons. The van der Waals surface area contributed by atoms with Crippen molar-refractivity contribution in [2.75, 3.05) is 0 Å². The molecule has 0 saturated heterocycles. The Labute approximate surface area is 91.1 Å². The maximum absolute atomic E-state index is 12.5. The van der Waals surface area contributed by atoms with Gasteiger partial charge in [0.05, 0.1) is 12.5 Å². The molecule has 2 rings (SSSR count). The van der Waals surface area contributed by atoms with Gasteiger partial charge < -0.3 is 9.52 Å². The first-order valence-corrected chi connectivity index (χ1v) is 4.76. The Hall–Kier alpha value is -1.68. The lowest BCUT2D eigenvalue weighted by Crippen LogP contribution is -1.99. The van der Waals surface area contributed by atoms with E-state index in [-0.39, 0.29) is 5.56 Å². The number of halogens is 2. The smallest absolute Gasteiger partial charge is 0.263 e. The van der Waals surface area contributed by atoms with Crippen LogP contribution in [0.4, 0.5) is 8.78 Å². The second-order valence-electron chi connectivity index (χ2n) is 3.43. The summed E-state index contributed by atoms with van der Waals surface area (Å²) in [6, 6.07) is 7.32. The van der Waals surface area contributed by atoms with Crippen molar-refractivity contribution >= 4 is 0 Å². The second-order valence-corrected chi connectivity index (χ2v) is 3.43. The maximum Gasteiger partial charge on any atom is 0.263 e. The van der Waals surface area contributed by atoms with Gasteiger partial charge in [0.15, 0.2) is 0 Å². The Balaban J connectivity index is 2.30. The predicted octanol–water partition coefficient (Wildman–Crippen LogP) is 3.30. The molecule has 16 heavy (non-hydrogen) atoms. The maximum atomic E-state index is 12.5. The van der Waals surface area contributed by atoms with Gasteiger partial charge in [-0.05, 0) is 17.7 Å². The highest BCUT2D eigenvalue weighted by Gasteiger charge is 2.14. The molecule has 0 aliphatic carbocycles. The molecule has 4 heteroatoms. The fourth-order valence-corrected chi connectivity index (χ4v) is 1.49. The summed E-state index contributed by atoms with van der Waals surface area (Å²) in [6.45, 7) is 0. The number of aliphatic hydroxyl groups is 1. The van der Waals surface area contributed by atoms with Gasteiger partial charge in [-0.3, -0.25) is 0 Å². The first-order chi connectivity index (χ1) is 7.68. The van der Waals surface area contributed by atoms with Gasteiger partial charge in [-0.2, -0.15) is 0 Å². The van der Waals surface area contributed by atoms with Crippen LogP contribution in [0.5, 0.6) is 0 Å². The fraction of sp³-hybridized carbons (Fsp3) is 0.167. The van der Waals surface area contributed by atoms with E-state index in [4.69, 9.17) is 4.42 Å². The monoisotopic (exact) mass is 224 g/mol. The van der Waals surface area contributed by atoms with Gasteiger partial charge in [0.25, 0.3) is 6.43 Å². The lowest BCUT2D eigenvalue weighted by molar-refractivity contribution is 0.150. The summed E-state index contributed by atoms with van der Waals surface area (Å²) in [5.74, 6) is 0. The molecule has 1 aromatic carbocycles. The number of benzene rings is 1. The van der Waals surface area contributed by atoms with Gasteiger partial charge in [0.2, 0.25) is 0 Å². The molecule has 0 radical (unpaired) electrons. The van der Waals surface area contributed by atoms with Crippen molar-refractivity contribution < 1.29 is 18.3 Å². The number of aliphatic hydroxyl groups excluding tert-OH is 1. The minimum absolute atomic E-state index is 0.0972. The summed E-state index contributed by atoms with van der Waals surface area (Å²) < 4.78 is 29.7. The van der Waals surface area contributed by atoms with E-state index in [9.17, 15) is 13.9 Å². The van der Waals surface area contributed by atoms with Gasteiger partial charge >= 0.3 is 0 Å². The van der Waals surface area contributed by atoms with Crippen molar-refractivity contribution in [1.29, 1.82) is 0 Å². The molecule has 0 saturated carbocycles. The van der Waals surface area contributed by atoms with Crippen LogP contribution < -0.4 is 0 Å². The average Bonchev–Trinajstić information content (AvgIpc) is 2.81. The van der Waals surface area contributed by atoms with Crippen LogP contribution in [0.1, 0.15) is 29.2 Å². The van der Waals surface area contributed by atoms with Crippen molar-refractivity contribution in [2.45, 2.75) is 12.5 Å². The highest BCUT2D eigenvalue weighted by molar-refractivity contribution is 5.31. The topological polar surface area (TPSA) is 33.4 Å². The van der Waals surface area contributed by atoms with Crippen molar-refractivity contribution in [3.05, 3.63) is 59.5 Å². The summed E-state index contributed by atoms with van der Waals surface area (Å²) in [7, 11) is 0. The molecule has 2 nitrogen and oxygen atoms in total. The quantitative estimate of drug-likeness (QED) is 0.867. The van der Waals surface area contributed by atoms with Crippen LogP contribution in [0.3, 0.4) is 0 Å². The summed E-state index contributed by atoms with van der Waals surface area (Å²) >= 11 is 0. The normalized spacial score (nSPS) is 13.0. The van der Waals surface area contributed by atoms with Gasteiger partial charge in [-0.15, -0.1) is 0 Å². The lowest BCUT2D eigenvalue weighted by Gasteiger charge is -2.10. The largest absolute Gasteiger partial charge is 0.472 e. The van der Waals surface area contributed by atoms with E-state index >= 15 is 0 Å². The molecule has 1 heterocycles. The molecule has 1 atom stereocenters. The molecule has 0 bridgehead atoms. The van der Waals surface area contributed by atoms with Crippen LogP contribution in [0.2, 0.25) is 0 Å². The summed E-state index contributed by atoms with van der Waals surface area (Å²) in [5, 5.41) is 9.88. The Morgan fingerprint density at radius 3 is 2.44 bits per heavy atom. The minimum Gasteiger partial charge on any atom is -0.472 e. The number of hydrogen-bond acceptors (Lipinski definition) is 2. The van der Waals surface area contributed by atoms with E-state index in [1.807, 2.05) is 0 Å². The van der Waals surface area contributed by atoms with E-state index in [0.717, 1.165) is 0 Å². The predicted molar refractivity (Wildman–Crippen MR) is 54.2 cm³/mol. The molecule has 1 unspecified atom stereocenters. The summed E-state index contributed by atoms with van der Waals surface area (Å²) in [5.41, 5.74) is 0.880. The molecule has 0 aliphatic heterocycles. The zero-order valence-electron chi connectivity index (χ0n) is 8.31. The highest BCUT2D eigenvalue weighted by atomic mass is 19.3. The van der Waals surface area contributed by atoms with Crippen LogP contribution in [-0.2, 0) is 0 Å². The summed E-state index contributed by atoms with van der Waals surface area (Å²) in [6.07, 6.45) is -0.649. The highest BCUT2D eigenvalue weighted by Crippen LogP contribution is 2.26. The summed E-state index contributed by atoms with van der Waals surface area (Å²) in [4.78, 5) is 0. The van der Waals surface area contributed by atoms with E-state index in [0.29, 0.717) is 11.1 Å². The number of hydrogen-bond donors (Lipinski definition) is 1. The Morgan fingerprint density at radius 2 is 1.81 bits per heavy atom. The second kappa shape index (κ2) is 4.45. The van der Waals surface area contributed by atoms with Crippen LogP contribution >= 0.6 is 0 Å². The van der Waals surface area contributed by atoms with Gasteiger partial charge in [-0.25, -0.2) is 8.78 Å². The zero-order chi connectivity index (χ0) is 11.5. The Kier molecular flexibility index (Phi) is 3.01. The molecular weight excluding hydrogens is 214 g/mol. The minimum atomic E-state index is -2.53. The zero-order valence-corrected chi connectivity index (χ0v) is 8.31. The van der Waals surface area contributed by atoms with Crippen molar-refractivity contribution in [3.63, 3.8) is 0 Å². The molecular formula is C12H10F2O2. The van der Waals surface area contributed by atoms with Crippen molar-refractivity contribution in [3.8, 4) is 0 Å². The molecule has 1 aromatic heterocycles. The fourth-order valence-electron chi connectivity index (χ4n) is 1.49. The van der Waals surface area contributed by atoms with Crippen LogP contribution in [0.25, 0.3) is 0 Å². The van der Waals surface area contributed by atoms with Crippen molar-refractivity contribution in [2.24, 2.45) is 0 Å². The Morgan fingerprint density at radius 1 is 1.06 bits per heavy atom.